The Hall–Kier alpha value is -0.330. The van der Waals surface area contributed by atoms with Gasteiger partial charge >= 0.3 is 11.9 Å². The zero-order valence-electron chi connectivity index (χ0n) is 11.1. The number of esters is 2. The number of carbonyl (C=O) groups excluding carboxylic acids is 2. The molecule has 0 N–H and O–H groups in total. The fourth-order valence-corrected chi connectivity index (χ4v) is 4.28. The van der Waals surface area contributed by atoms with Crippen LogP contribution in [0, 0.1) is 17.3 Å². The van der Waals surface area contributed by atoms with Crippen LogP contribution in [-0.4, -0.2) is 28.6 Å². The molecule has 3 aliphatic rings. The maximum absolute atomic E-state index is 12.0. The Morgan fingerprint density at radius 1 is 1.58 bits per heavy atom. The Bertz CT molecular complexity index is 410. The van der Waals surface area contributed by atoms with E-state index < -0.39 is 0 Å². The lowest BCUT2D eigenvalue weighted by molar-refractivity contribution is -0.161. The van der Waals surface area contributed by atoms with Gasteiger partial charge in [-0.3, -0.25) is 9.59 Å². The monoisotopic (exact) mass is 378 g/mol. The first-order valence-electron chi connectivity index (χ1n) is 7.08. The van der Waals surface area contributed by atoms with Gasteiger partial charge in [-0.25, -0.2) is 0 Å². The summed E-state index contributed by atoms with van der Waals surface area (Å²) in [6.07, 6.45) is 4.41. The first-order chi connectivity index (χ1) is 9.06. The van der Waals surface area contributed by atoms with Crippen LogP contribution in [-0.2, 0) is 19.1 Å². The van der Waals surface area contributed by atoms with Gasteiger partial charge in [0.2, 0.25) is 0 Å². The highest BCUT2D eigenvalue weighted by Crippen LogP contribution is 2.60. The van der Waals surface area contributed by atoms with Gasteiger partial charge in [-0.2, -0.15) is 0 Å². The summed E-state index contributed by atoms with van der Waals surface area (Å²) >= 11 is 2.13. The van der Waals surface area contributed by atoms with Gasteiger partial charge < -0.3 is 9.47 Å². The summed E-state index contributed by atoms with van der Waals surface area (Å²) in [5.74, 6) is 0.545. The summed E-state index contributed by atoms with van der Waals surface area (Å²) < 4.78 is 10.8. The third-order valence-electron chi connectivity index (χ3n) is 5.03. The molecule has 4 nitrogen and oxygen atoms in total. The van der Waals surface area contributed by atoms with Crippen molar-refractivity contribution in [1.29, 1.82) is 0 Å². The SMILES string of the molecule is CCC(I)C(=O)O[C@@H]1CC2CC1C1(CCOC1=O)C2. The molecular formula is C14H19IO4. The summed E-state index contributed by atoms with van der Waals surface area (Å²) in [5, 5.41) is 0. The molecule has 5 heteroatoms. The smallest absolute Gasteiger partial charge is 0.319 e. The lowest BCUT2D eigenvalue weighted by Crippen LogP contribution is -2.42. The predicted molar refractivity (Wildman–Crippen MR) is 76.8 cm³/mol. The van der Waals surface area contributed by atoms with Crippen molar-refractivity contribution in [2.75, 3.05) is 6.61 Å². The largest absolute Gasteiger partial charge is 0.465 e. The van der Waals surface area contributed by atoms with Gasteiger partial charge in [-0.05, 0) is 38.0 Å². The van der Waals surface area contributed by atoms with Gasteiger partial charge in [0.1, 0.15) is 10.0 Å². The van der Waals surface area contributed by atoms with Crippen molar-refractivity contribution in [3.63, 3.8) is 0 Å². The fraction of sp³-hybridized carbons (Fsp3) is 0.857. The zero-order chi connectivity index (χ0) is 13.6. The maximum Gasteiger partial charge on any atom is 0.319 e. The van der Waals surface area contributed by atoms with Crippen molar-refractivity contribution in [1.82, 2.24) is 0 Å². The summed E-state index contributed by atoms with van der Waals surface area (Å²) in [6.45, 7) is 2.52. The molecule has 0 aromatic heterocycles. The Labute approximate surface area is 126 Å². The molecule has 106 valence electrons. The van der Waals surface area contributed by atoms with E-state index in [-0.39, 0.29) is 33.3 Å². The van der Waals surface area contributed by atoms with E-state index in [0.717, 1.165) is 32.1 Å². The maximum atomic E-state index is 12.0. The molecule has 3 rings (SSSR count). The standard InChI is InChI=1S/C14H19IO4/c1-2-10(15)12(16)19-11-6-8-5-9(11)14(7-8)3-4-18-13(14)17/h8-11H,2-7H2,1H3/t8?,9?,10?,11-,14?/m1/s1. The molecular weight excluding hydrogens is 359 g/mol. The molecule has 0 radical (unpaired) electrons. The van der Waals surface area contributed by atoms with Gasteiger partial charge in [-0.1, -0.05) is 29.5 Å². The van der Waals surface area contributed by atoms with Crippen molar-refractivity contribution < 1.29 is 19.1 Å². The van der Waals surface area contributed by atoms with Crippen LogP contribution >= 0.6 is 22.6 Å². The van der Waals surface area contributed by atoms with Gasteiger partial charge in [0.15, 0.2) is 0 Å². The molecule has 4 unspecified atom stereocenters. The van der Waals surface area contributed by atoms with E-state index in [1.807, 2.05) is 6.92 Å². The second kappa shape index (κ2) is 4.90. The van der Waals surface area contributed by atoms with Crippen LogP contribution in [0.5, 0.6) is 0 Å². The van der Waals surface area contributed by atoms with Crippen LogP contribution in [0.15, 0.2) is 0 Å². The molecule has 19 heavy (non-hydrogen) atoms. The fourth-order valence-electron chi connectivity index (χ4n) is 4.13. The molecule has 1 saturated heterocycles. The van der Waals surface area contributed by atoms with Crippen LogP contribution < -0.4 is 0 Å². The molecule has 1 spiro atoms. The second-order valence-electron chi connectivity index (χ2n) is 6.04. The van der Waals surface area contributed by atoms with Gasteiger partial charge in [0.25, 0.3) is 0 Å². The molecule has 0 aromatic carbocycles. The molecule has 3 fully saturated rings. The molecule has 0 amide bonds. The normalized spacial score (nSPS) is 41.6. The highest BCUT2D eigenvalue weighted by Gasteiger charge is 2.63. The number of halogens is 1. The first kappa shape index (κ1) is 13.6. The molecule has 5 atom stereocenters. The van der Waals surface area contributed by atoms with E-state index in [1.165, 1.54) is 0 Å². The van der Waals surface area contributed by atoms with Crippen LogP contribution in [0.1, 0.15) is 39.0 Å². The first-order valence-corrected chi connectivity index (χ1v) is 8.33. The van der Waals surface area contributed by atoms with Crippen molar-refractivity contribution in [3.8, 4) is 0 Å². The molecule has 1 heterocycles. The lowest BCUT2D eigenvalue weighted by atomic mass is 9.71. The van der Waals surface area contributed by atoms with Crippen molar-refractivity contribution in [2.45, 2.75) is 49.1 Å². The van der Waals surface area contributed by atoms with Crippen LogP contribution in [0.2, 0.25) is 0 Å². The minimum atomic E-state index is -0.332. The predicted octanol–water partition coefficient (Wildman–Crippen LogP) is 2.48. The third-order valence-corrected chi connectivity index (χ3v) is 6.42. The Morgan fingerprint density at radius 2 is 2.37 bits per heavy atom. The molecule has 0 aromatic rings. The van der Waals surface area contributed by atoms with Crippen LogP contribution in [0.25, 0.3) is 0 Å². The minimum absolute atomic E-state index is 0.0535. The summed E-state index contributed by atoms with van der Waals surface area (Å²) in [5.41, 5.74) is -0.332. The van der Waals surface area contributed by atoms with Crippen LogP contribution in [0.3, 0.4) is 0 Å². The number of ether oxygens (including phenoxy) is 2. The van der Waals surface area contributed by atoms with Gasteiger partial charge in [0, 0.05) is 5.92 Å². The van der Waals surface area contributed by atoms with E-state index in [9.17, 15) is 9.59 Å². The summed E-state index contributed by atoms with van der Waals surface area (Å²) in [4.78, 5) is 24.0. The number of hydrogen-bond donors (Lipinski definition) is 0. The zero-order valence-corrected chi connectivity index (χ0v) is 13.2. The molecule has 1 aliphatic heterocycles. The van der Waals surface area contributed by atoms with E-state index in [2.05, 4.69) is 22.6 Å². The number of rotatable bonds is 3. The minimum Gasteiger partial charge on any atom is -0.465 e. The average molecular weight is 378 g/mol. The van der Waals surface area contributed by atoms with E-state index >= 15 is 0 Å². The number of hydrogen-bond acceptors (Lipinski definition) is 4. The average Bonchev–Trinajstić information content (AvgIpc) is 3.05. The Morgan fingerprint density at radius 3 is 2.95 bits per heavy atom. The number of cyclic esters (lactones) is 1. The van der Waals surface area contributed by atoms with Crippen molar-refractivity contribution >= 4 is 34.5 Å². The van der Waals surface area contributed by atoms with E-state index in [0.29, 0.717) is 12.5 Å². The second-order valence-corrected chi connectivity index (χ2v) is 7.54. The number of fused-ring (bicyclic) bond motifs is 3. The Balaban J connectivity index is 1.72. The lowest BCUT2D eigenvalue weighted by Gasteiger charge is -2.35. The summed E-state index contributed by atoms with van der Waals surface area (Å²) in [6, 6.07) is 0. The van der Waals surface area contributed by atoms with Crippen molar-refractivity contribution in [2.24, 2.45) is 17.3 Å². The topological polar surface area (TPSA) is 52.6 Å². The quantitative estimate of drug-likeness (QED) is 0.430. The third kappa shape index (κ3) is 2.08. The van der Waals surface area contributed by atoms with E-state index in [1.54, 1.807) is 0 Å². The Kier molecular flexibility index (Phi) is 3.52. The molecule has 2 aliphatic carbocycles. The van der Waals surface area contributed by atoms with E-state index in [4.69, 9.17) is 9.47 Å². The van der Waals surface area contributed by atoms with Crippen molar-refractivity contribution in [3.05, 3.63) is 0 Å². The van der Waals surface area contributed by atoms with Crippen LogP contribution in [0.4, 0.5) is 0 Å². The molecule has 2 saturated carbocycles. The number of alkyl halides is 1. The van der Waals surface area contributed by atoms with Gasteiger partial charge in [0.05, 0.1) is 12.0 Å². The summed E-state index contributed by atoms with van der Waals surface area (Å²) in [7, 11) is 0. The highest BCUT2D eigenvalue weighted by atomic mass is 127. The van der Waals surface area contributed by atoms with Gasteiger partial charge in [-0.15, -0.1) is 0 Å². The highest BCUT2D eigenvalue weighted by molar-refractivity contribution is 14.1. The number of carbonyl (C=O) groups is 2. The molecule has 2 bridgehead atoms.